The van der Waals surface area contributed by atoms with Crippen LogP contribution in [-0.4, -0.2) is 19.1 Å². The Morgan fingerprint density at radius 2 is 0.848 bits per heavy atom. The van der Waals surface area contributed by atoms with Gasteiger partial charge in [-0.25, -0.2) is 0 Å². The van der Waals surface area contributed by atoms with E-state index >= 15 is 0 Å². The molecule has 0 N–H and O–H groups in total. The van der Waals surface area contributed by atoms with Crippen LogP contribution in [0.1, 0.15) is 60.8 Å². The third-order valence-electron chi connectivity index (χ3n) is 10.7. The zero-order valence-electron chi connectivity index (χ0n) is 27.5. The fourth-order valence-corrected chi connectivity index (χ4v) is 8.42. The molecule has 4 heteroatoms. The van der Waals surface area contributed by atoms with Gasteiger partial charge < -0.3 is 9.13 Å². The topological polar surface area (TPSA) is 35.6 Å². The number of hydrogen-bond acceptors (Lipinski definition) is 2. The quantitative estimate of drug-likeness (QED) is 0.154. The Hall–Kier alpha value is -4.70. The molecule has 0 aliphatic carbocycles. The van der Waals surface area contributed by atoms with Gasteiger partial charge in [0.2, 0.25) is 0 Å². The SMILES string of the molecule is Cc1c2ccncc2c(C)c2c1c1ccccc1n2CCCCCCCCn1c2ccccc2c2c(C)c3ccncc3c(C)c21. The maximum atomic E-state index is 4.47. The molecule has 4 aromatic carbocycles. The number of hydrogen-bond donors (Lipinski definition) is 0. The molecule has 4 nitrogen and oxygen atoms in total. The van der Waals surface area contributed by atoms with Gasteiger partial charge in [0, 0.05) is 81.2 Å². The Morgan fingerprint density at radius 3 is 1.30 bits per heavy atom. The van der Waals surface area contributed by atoms with Crippen molar-refractivity contribution in [3.63, 3.8) is 0 Å². The predicted octanol–water partition coefficient (Wildman–Crippen LogP) is 11.3. The van der Waals surface area contributed by atoms with Gasteiger partial charge in [-0.2, -0.15) is 0 Å². The predicted molar refractivity (Wildman–Crippen MR) is 196 cm³/mol. The molecular weight excluding hydrogens is 560 g/mol. The first-order valence-electron chi connectivity index (χ1n) is 17.0. The van der Waals surface area contributed by atoms with Gasteiger partial charge in [0.15, 0.2) is 0 Å². The third kappa shape index (κ3) is 4.41. The summed E-state index contributed by atoms with van der Waals surface area (Å²) < 4.78 is 5.18. The second-order valence-corrected chi connectivity index (χ2v) is 13.2. The van der Waals surface area contributed by atoms with Crippen LogP contribution < -0.4 is 0 Å². The molecule has 0 aliphatic heterocycles. The molecule has 46 heavy (non-hydrogen) atoms. The van der Waals surface area contributed by atoms with Crippen molar-refractivity contribution < 1.29 is 0 Å². The standard InChI is InChI=1S/C42H42N4/c1-27-31-19-21-43-25-35(31)29(3)41-39(27)33-15-9-11-17-37(33)45(41)23-13-7-5-6-8-14-24-46-38-18-12-10-16-34(38)40-28(2)32-20-22-44-26-36(32)30(4)42(40)46/h9-12,15-22,25-26H,5-8,13-14,23-24H2,1-4H3. The van der Waals surface area contributed by atoms with E-state index in [0.29, 0.717) is 0 Å². The molecule has 0 radical (unpaired) electrons. The summed E-state index contributed by atoms with van der Waals surface area (Å²) in [5.74, 6) is 0. The van der Waals surface area contributed by atoms with Crippen molar-refractivity contribution in [3.05, 3.63) is 108 Å². The highest BCUT2D eigenvalue weighted by atomic mass is 15.0. The number of aromatic nitrogens is 4. The molecule has 4 heterocycles. The van der Waals surface area contributed by atoms with E-state index in [1.54, 1.807) is 0 Å². The van der Waals surface area contributed by atoms with E-state index in [9.17, 15) is 0 Å². The third-order valence-corrected chi connectivity index (χ3v) is 10.7. The van der Waals surface area contributed by atoms with E-state index in [-0.39, 0.29) is 0 Å². The minimum Gasteiger partial charge on any atom is -0.340 e. The fourth-order valence-electron chi connectivity index (χ4n) is 8.42. The summed E-state index contributed by atoms with van der Waals surface area (Å²) in [6.45, 7) is 11.2. The van der Waals surface area contributed by atoms with Gasteiger partial charge in [0.1, 0.15) is 0 Å². The smallest absolute Gasteiger partial charge is 0.0530 e. The lowest BCUT2D eigenvalue weighted by atomic mass is 9.97. The van der Waals surface area contributed by atoms with Crippen LogP contribution in [0.4, 0.5) is 0 Å². The van der Waals surface area contributed by atoms with Gasteiger partial charge >= 0.3 is 0 Å². The second-order valence-electron chi connectivity index (χ2n) is 13.2. The maximum Gasteiger partial charge on any atom is 0.0530 e. The zero-order chi connectivity index (χ0) is 31.4. The number of aryl methyl sites for hydroxylation is 6. The molecule has 4 aromatic heterocycles. The molecule has 0 bridgehead atoms. The first kappa shape index (κ1) is 28.8. The van der Waals surface area contributed by atoms with Crippen molar-refractivity contribution in [1.82, 2.24) is 19.1 Å². The van der Waals surface area contributed by atoms with Crippen molar-refractivity contribution in [1.29, 1.82) is 0 Å². The van der Waals surface area contributed by atoms with Crippen LogP contribution in [0.15, 0.2) is 85.5 Å². The van der Waals surface area contributed by atoms with Crippen molar-refractivity contribution in [2.75, 3.05) is 0 Å². The van der Waals surface area contributed by atoms with Gasteiger partial charge in [-0.3, -0.25) is 9.97 Å². The van der Waals surface area contributed by atoms with E-state index in [1.807, 2.05) is 24.8 Å². The molecule has 0 saturated carbocycles. The number of benzene rings is 4. The van der Waals surface area contributed by atoms with Crippen LogP contribution in [0.25, 0.3) is 65.2 Å². The molecule has 0 saturated heterocycles. The lowest BCUT2D eigenvalue weighted by Crippen LogP contribution is -2.01. The minimum atomic E-state index is 1.05. The summed E-state index contributed by atoms with van der Waals surface area (Å²) in [6.07, 6.45) is 15.4. The van der Waals surface area contributed by atoms with Crippen molar-refractivity contribution in [2.45, 2.75) is 79.3 Å². The first-order valence-corrected chi connectivity index (χ1v) is 17.0. The molecule has 0 amide bonds. The number of rotatable bonds is 9. The monoisotopic (exact) mass is 602 g/mol. The van der Waals surface area contributed by atoms with E-state index < -0.39 is 0 Å². The summed E-state index contributed by atoms with van der Waals surface area (Å²) >= 11 is 0. The van der Waals surface area contributed by atoms with Crippen molar-refractivity contribution >= 4 is 65.2 Å². The molecule has 8 rings (SSSR count). The van der Waals surface area contributed by atoms with Crippen LogP contribution in [0.5, 0.6) is 0 Å². The number of unbranched alkanes of at least 4 members (excludes halogenated alkanes) is 5. The second kappa shape index (κ2) is 11.6. The van der Waals surface area contributed by atoms with Crippen molar-refractivity contribution in [3.8, 4) is 0 Å². The molecule has 230 valence electrons. The average molecular weight is 603 g/mol. The fraction of sp³-hybridized carbons (Fsp3) is 0.286. The number of nitrogens with zero attached hydrogens (tertiary/aromatic N) is 4. The highest BCUT2D eigenvalue weighted by Gasteiger charge is 2.19. The molecule has 0 spiro atoms. The molecule has 0 aliphatic rings. The first-order chi connectivity index (χ1) is 22.6. The molecule has 0 fully saturated rings. The Morgan fingerprint density at radius 1 is 0.435 bits per heavy atom. The van der Waals surface area contributed by atoms with Gasteiger partial charge in [-0.1, -0.05) is 62.1 Å². The van der Waals surface area contributed by atoms with Crippen LogP contribution in [0, 0.1) is 27.7 Å². The number of para-hydroxylation sites is 2. The van der Waals surface area contributed by atoms with E-state index in [1.165, 1.54) is 126 Å². The van der Waals surface area contributed by atoms with E-state index in [4.69, 9.17) is 0 Å². The highest BCUT2D eigenvalue weighted by molar-refractivity contribution is 6.18. The highest BCUT2D eigenvalue weighted by Crippen LogP contribution is 2.40. The lowest BCUT2D eigenvalue weighted by Gasteiger charge is -2.13. The molecular formula is C42H42N4. The summed E-state index contributed by atoms with van der Waals surface area (Å²) in [7, 11) is 0. The zero-order valence-corrected chi connectivity index (χ0v) is 27.5. The molecule has 0 atom stereocenters. The van der Waals surface area contributed by atoms with E-state index in [0.717, 1.165) is 13.1 Å². The van der Waals surface area contributed by atoms with Gasteiger partial charge in [-0.05, 0) is 97.8 Å². The Balaban J connectivity index is 0.966. The van der Waals surface area contributed by atoms with Crippen LogP contribution in [-0.2, 0) is 13.1 Å². The van der Waals surface area contributed by atoms with Gasteiger partial charge in [0.05, 0.1) is 11.0 Å². The largest absolute Gasteiger partial charge is 0.340 e. The van der Waals surface area contributed by atoms with Crippen LogP contribution >= 0.6 is 0 Å². The summed E-state index contributed by atoms with van der Waals surface area (Å²) in [5.41, 5.74) is 10.9. The lowest BCUT2D eigenvalue weighted by molar-refractivity contribution is 0.545. The Kier molecular flexibility index (Phi) is 7.24. The Labute approximate surface area is 270 Å². The minimum absolute atomic E-state index is 1.05. The van der Waals surface area contributed by atoms with Crippen molar-refractivity contribution in [2.24, 2.45) is 0 Å². The number of fused-ring (bicyclic) bond motifs is 8. The van der Waals surface area contributed by atoms with Crippen LogP contribution in [0.2, 0.25) is 0 Å². The van der Waals surface area contributed by atoms with Crippen LogP contribution in [0.3, 0.4) is 0 Å². The summed E-state index contributed by atoms with van der Waals surface area (Å²) in [6, 6.07) is 22.3. The van der Waals surface area contributed by atoms with E-state index in [2.05, 4.69) is 107 Å². The average Bonchev–Trinajstić information content (AvgIpc) is 3.61. The maximum absolute atomic E-state index is 4.47. The molecule has 8 aromatic rings. The molecule has 0 unspecified atom stereocenters. The van der Waals surface area contributed by atoms with Gasteiger partial charge in [-0.15, -0.1) is 0 Å². The normalized spacial score (nSPS) is 12.2. The van der Waals surface area contributed by atoms with Gasteiger partial charge in [0.25, 0.3) is 0 Å². The summed E-state index contributed by atoms with van der Waals surface area (Å²) in [5, 5.41) is 10.7. The number of pyridine rings is 2. The Bertz CT molecular complexity index is 2250. The summed E-state index contributed by atoms with van der Waals surface area (Å²) in [4.78, 5) is 8.94.